The van der Waals surface area contributed by atoms with Gasteiger partial charge in [-0.2, -0.15) is 0 Å². The van der Waals surface area contributed by atoms with Gasteiger partial charge in [0.05, 0.1) is 10.7 Å². The lowest BCUT2D eigenvalue weighted by atomic mass is 10.2. The molecule has 0 unspecified atom stereocenters. The predicted molar refractivity (Wildman–Crippen MR) is 81.5 cm³/mol. The Morgan fingerprint density at radius 3 is 2.90 bits per heavy atom. The molecule has 0 saturated carbocycles. The highest BCUT2D eigenvalue weighted by Crippen LogP contribution is 2.25. The van der Waals surface area contributed by atoms with E-state index in [2.05, 4.69) is 15.5 Å². The summed E-state index contributed by atoms with van der Waals surface area (Å²) >= 11 is 2.39. The number of amides is 1. The summed E-state index contributed by atoms with van der Waals surface area (Å²) in [6.07, 6.45) is 0. The second-order valence-electron chi connectivity index (χ2n) is 4.00. The number of nitrogens with two attached hydrogens (primary N) is 1. The van der Waals surface area contributed by atoms with E-state index in [1.807, 2.05) is 0 Å². The number of anilines is 2. The van der Waals surface area contributed by atoms with E-state index >= 15 is 0 Å². The quantitative estimate of drug-likeness (QED) is 0.490. The zero-order valence-electron chi connectivity index (χ0n) is 10.9. The largest absolute Gasteiger partial charge is 0.374 e. The number of benzene rings is 1. The molecule has 0 saturated heterocycles. The molecule has 0 spiro atoms. The Morgan fingerprint density at radius 1 is 1.52 bits per heavy atom. The fraction of sp³-hybridized carbons (Fsp3) is 0.182. The number of hydrogen-bond donors (Lipinski definition) is 2. The van der Waals surface area contributed by atoms with E-state index in [0.29, 0.717) is 20.7 Å². The smallest absolute Gasteiger partial charge is 0.274 e. The highest BCUT2D eigenvalue weighted by atomic mass is 32.2. The SMILES string of the molecule is Cc1ccc(NC(=O)CSc2nnc(N)s2)cc1[N+](=O)[O-]. The van der Waals surface area contributed by atoms with Gasteiger partial charge >= 0.3 is 0 Å². The molecule has 0 aliphatic carbocycles. The van der Waals surface area contributed by atoms with Gasteiger partial charge in [0, 0.05) is 17.3 Å². The number of thioether (sulfide) groups is 1. The van der Waals surface area contributed by atoms with Gasteiger partial charge in [-0.3, -0.25) is 14.9 Å². The normalized spacial score (nSPS) is 10.3. The molecule has 0 aliphatic heterocycles. The molecule has 8 nitrogen and oxygen atoms in total. The van der Waals surface area contributed by atoms with Crippen molar-refractivity contribution in [1.82, 2.24) is 10.2 Å². The molecule has 0 atom stereocenters. The van der Waals surface area contributed by atoms with E-state index in [-0.39, 0.29) is 17.3 Å². The second-order valence-corrected chi connectivity index (χ2v) is 6.23. The van der Waals surface area contributed by atoms with Crippen molar-refractivity contribution in [2.75, 3.05) is 16.8 Å². The first-order chi connectivity index (χ1) is 9.95. The Hall–Kier alpha value is -2.20. The summed E-state index contributed by atoms with van der Waals surface area (Å²) in [5, 5.41) is 21.2. The van der Waals surface area contributed by atoms with Crippen molar-refractivity contribution in [3.05, 3.63) is 33.9 Å². The molecule has 1 amide bonds. The Balaban J connectivity index is 1.96. The van der Waals surface area contributed by atoms with Crippen LogP contribution >= 0.6 is 23.1 Å². The minimum atomic E-state index is -0.482. The molecule has 21 heavy (non-hydrogen) atoms. The molecule has 0 bridgehead atoms. The molecule has 0 fully saturated rings. The molecule has 10 heteroatoms. The third kappa shape index (κ3) is 4.13. The monoisotopic (exact) mass is 325 g/mol. The van der Waals surface area contributed by atoms with Crippen molar-refractivity contribution < 1.29 is 9.72 Å². The van der Waals surface area contributed by atoms with Gasteiger partial charge in [0.15, 0.2) is 4.34 Å². The van der Waals surface area contributed by atoms with E-state index in [1.54, 1.807) is 19.1 Å². The Kier molecular flexibility index (Phi) is 4.70. The summed E-state index contributed by atoms with van der Waals surface area (Å²) in [7, 11) is 0. The standard InChI is InChI=1S/C11H11N5O3S2/c1-6-2-3-7(4-8(6)16(18)19)13-9(17)5-20-11-15-14-10(12)21-11/h2-4H,5H2,1H3,(H2,12,14)(H,13,17). The maximum atomic E-state index is 11.8. The first-order valence-electron chi connectivity index (χ1n) is 5.72. The number of rotatable bonds is 5. The number of aromatic nitrogens is 2. The third-order valence-electron chi connectivity index (χ3n) is 2.44. The van der Waals surface area contributed by atoms with Crippen LogP contribution in [0.3, 0.4) is 0 Å². The van der Waals surface area contributed by atoms with Crippen LogP contribution in [0.2, 0.25) is 0 Å². The second kappa shape index (κ2) is 6.50. The number of nitrogens with one attached hydrogen (secondary N) is 1. The number of hydrogen-bond acceptors (Lipinski definition) is 8. The first kappa shape index (κ1) is 15.2. The molecule has 2 rings (SSSR count). The Morgan fingerprint density at radius 2 is 2.29 bits per heavy atom. The lowest BCUT2D eigenvalue weighted by molar-refractivity contribution is -0.385. The Labute approximate surface area is 127 Å². The molecule has 3 N–H and O–H groups in total. The fourth-order valence-electron chi connectivity index (χ4n) is 1.49. The maximum Gasteiger partial charge on any atom is 0.274 e. The lowest BCUT2D eigenvalue weighted by Gasteiger charge is -2.05. The topological polar surface area (TPSA) is 124 Å². The van der Waals surface area contributed by atoms with Crippen LogP contribution in [-0.2, 0) is 4.79 Å². The molecule has 1 aromatic heterocycles. The van der Waals surface area contributed by atoms with Gasteiger partial charge in [-0.25, -0.2) is 0 Å². The average Bonchev–Trinajstić information content (AvgIpc) is 2.84. The highest BCUT2D eigenvalue weighted by Gasteiger charge is 2.13. The van der Waals surface area contributed by atoms with E-state index in [1.165, 1.54) is 29.2 Å². The number of nitro benzene ring substituents is 1. The number of nitrogen functional groups attached to an aromatic ring is 1. The van der Waals surface area contributed by atoms with Crippen LogP contribution in [0.5, 0.6) is 0 Å². The van der Waals surface area contributed by atoms with E-state index in [4.69, 9.17) is 5.73 Å². The van der Waals surface area contributed by atoms with E-state index in [0.717, 1.165) is 0 Å². The van der Waals surface area contributed by atoms with Crippen LogP contribution in [0.4, 0.5) is 16.5 Å². The highest BCUT2D eigenvalue weighted by molar-refractivity contribution is 8.01. The summed E-state index contributed by atoms with van der Waals surface area (Å²) in [6.45, 7) is 1.64. The van der Waals surface area contributed by atoms with Crippen LogP contribution in [0.15, 0.2) is 22.5 Å². The third-order valence-corrected chi connectivity index (χ3v) is 4.32. The minimum absolute atomic E-state index is 0.0302. The average molecular weight is 325 g/mol. The van der Waals surface area contributed by atoms with Crippen LogP contribution in [0, 0.1) is 17.0 Å². The van der Waals surface area contributed by atoms with Crippen molar-refractivity contribution in [2.24, 2.45) is 0 Å². The van der Waals surface area contributed by atoms with E-state index in [9.17, 15) is 14.9 Å². The zero-order chi connectivity index (χ0) is 15.4. The molecule has 110 valence electrons. The summed E-state index contributed by atoms with van der Waals surface area (Å²) < 4.78 is 0.595. The van der Waals surface area contributed by atoms with Gasteiger partial charge < -0.3 is 11.1 Å². The van der Waals surface area contributed by atoms with Crippen LogP contribution in [-0.4, -0.2) is 26.8 Å². The van der Waals surface area contributed by atoms with Crippen molar-refractivity contribution in [1.29, 1.82) is 0 Å². The predicted octanol–water partition coefficient (Wildman–Crippen LogP) is 2.07. The molecule has 1 aromatic carbocycles. The first-order valence-corrected chi connectivity index (χ1v) is 7.52. The fourth-order valence-corrected chi connectivity index (χ4v) is 2.92. The van der Waals surface area contributed by atoms with Gasteiger partial charge in [-0.05, 0) is 13.0 Å². The number of carbonyl (C=O) groups is 1. The summed E-state index contributed by atoms with van der Waals surface area (Å²) in [5.74, 6) is -0.164. The van der Waals surface area contributed by atoms with Crippen molar-refractivity contribution in [3.8, 4) is 0 Å². The number of aryl methyl sites for hydroxylation is 1. The van der Waals surface area contributed by atoms with E-state index < -0.39 is 4.92 Å². The lowest BCUT2D eigenvalue weighted by Crippen LogP contribution is -2.14. The van der Waals surface area contributed by atoms with Crippen molar-refractivity contribution in [2.45, 2.75) is 11.3 Å². The summed E-state index contributed by atoms with van der Waals surface area (Å²) in [4.78, 5) is 22.1. The summed E-state index contributed by atoms with van der Waals surface area (Å²) in [6, 6.07) is 4.54. The Bertz CT molecular complexity index is 688. The molecule has 2 aromatic rings. The molecule has 1 heterocycles. The van der Waals surface area contributed by atoms with Gasteiger partial charge in [-0.1, -0.05) is 29.2 Å². The molecular formula is C11H11N5O3S2. The van der Waals surface area contributed by atoms with Crippen LogP contribution in [0.1, 0.15) is 5.56 Å². The number of carbonyl (C=O) groups excluding carboxylic acids is 1. The van der Waals surface area contributed by atoms with Crippen molar-refractivity contribution in [3.63, 3.8) is 0 Å². The van der Waals surface area contributed by atoms with Crippen molar-refractivity contribution >= 4 is 45.5 Å². The number of nitro groups is 1. The van der Waals surface area contributed by atoms with Crippen LogP contribution < -0.4 is 11.1 Å². The molecule has 0 aliphatic rings. The van der Waals surface area contributed by atoms with Gasteiger partial charge in [-0.15, -0.1) is 10.2 Å². The van der Waals surface area contributed by atoms with Gasteiger partial charge in [0.2, 0.25) is 11.0 Å². The minimum Gasteiger partial charge on any atom is -0.374 e. The molecule has 0 radical (unpaired) electrons. The maximum absolute atomic E-state index is 11.8. The van der Waals surface area contributed by atoms with Gasteiger partial charge in [0.1, 0.15) is 0 Å². The van der Waals surface area contributed by atoms with Gasteiger partial charge in [0.25, 0.3) is 5.69 Å². The number of nitrogens with zero attached hydrogens (tertiary/aromatic N) is 3. The summed E-state index contributed by atoms with van der Waals surface area (Å²) in [5.41, 5.74) is 6.33. The zero-order valence-corrected chi connectivity index (χ0v) is 12.5. The molecular weight excluding hydrogens is 314 g/mol. The van der Waals surface area contributed by atoms with Crippen LogP contribution in [0.25, 0.3) is 0 Å².